The molecule has 0 unspecified atom stereocenters. The van der Waals surface area contributed by atoms with Crippen LogP contribution >= 0.6 is 11.6 Å². The molecule has 0 saturated carbocycles. The number of phenols is 1. The summed E-state index contributed by atoms with van der Waals surface area (Å²) in [6.45, 7) is 6.77. The summed E-state index contributed by atoms with van der Waals surface area (Å²) >= 11 is 5.99. The zero-order valence-corrected chi connectivity index (χ0v) is 16.1. The number of hydrogen-bond donors (Lipinski definition) is 1. The number of rotatable bonds is 2. The fraction of sp³-hybridized carbons (Fsp3) is 0.286. The van der Waals surface area contributed by atoms with Crippen LogP contribution in [-0.4, -0.2) is 16.9 Å². The van der Waals surface area contributed by atoms with Gasteiger partial charge in [0, 0.05) is 22.4 Å². The van der Waals surface area contributed by atoms with E-state index in [1.54, 1.807) is 45.9 Å². The molecule has 0 fully saturated rings. The van der Waals surface area contributed by atoms with Gasteiger partial charge in [0.15, 0.2) is 0 Å². The van der Waals surface area contributed by atoms with E-state index in [0.717, 1.165) is 12.1 Å². The smallest absolute Gasteiger partial charge is 0.416 e. The summed E-state index contributed by atoms with van der Waals surface area (Å²) in [6.07, 6.45) is -2.96. The van der Waals surface area contributed by atoms with Crippen LogP contribution in [-0.2, 0) is 6.18 Å². The van der Waals surface area contributed by atoms with Gasteiger partial charge in [0.05, 0.1) is 5.56 Å². The number of hydrogen-bond acceptors (Lipinski definition) is 2. The standard InChI is InChI=1S/C21H19ClF3NO/c1-13-7-15(10-17(8-13)21(23,24)25)5-6-20(3,4)26-12-16-11-18(22)9-14(2)19(16)27/h7-12,27H,1-4H3. The van der Waals surface area contributed by atoms with Gasteiger partial charge in [-0.25, -0.2) is 0 Å². The van der Waals surface area contributed by atoms with Crippen LogP contribution in [0.25, 0.3) is 0 Å². The van der Waals surface area contributed by atoms with Crippen molar-refractivity contribution in [2.24, 2.45) is 4.99 Å². The lowest BCUT2D eigenvalue weighted by molar-refractivity contribution is -0.137. The molecule has 0 aromatic heterocycles. The van der Waals surface area contributed by atoms with Crippen molar-refractivity contribution in [1.82, 2.24) is 0 Å². The lowest BCUT2D eigenvalue weighted by atomic mass is 10.0. The molecule has 6 heteroatoms. The second kappa shape index (κ2) is 7.66. The first kappa shape index (κ1) is 20.9. The lowest BCUT2D eigenvalue weighted by Crippen LogP contribution is -2.13. The fourth-order valence-corrected chi connectivity index (χ4v) is 2.65. The Morgan fingerprint density at radius 3 is 2.37 bits per heavy atom. The first-order valence-corrected chi connectivity index (χ1v) is 8.51. The van der Waals surface area contributed by atoms with Crippen molar-refractivity contribution < 1.29 is 18.3 Å². The predicted octanol–water partition coefficient (Wildman–Crippen LogP) is 5.93. The maximum Gasteiger partial charge on any atom is 0.416 e. The number of benzene rings is 2. The van der Waals surface area contributed by atoms with E-state index in [1.807, 2.05) is 0 Å². The molecule has 0 bridgehead atoms. The molecule has 0 heterocycles. The summed E-state index contributed by atoms with van der Waals surface area (Å²) in [5.74, 6) is 5.70. The topological polar surface area (TPSA) is 32.6 Å². The molecule has 0 aliphatic carbocycles. The van der Waals surface area contributed by atoms with Gasteiger partial charge in [0.1, 0.15) is 11.3 Å². The summed E-state index contributed by atoms with van der Waals surface area (Å²) in [5.41, 5.74) is 0.219. The van der Waals surface area contributed by atoms with Gasteiger partial charge in [-0.3, -0.25) is 4.99 Å². The van der Waals surface area contributed by atoms with E-state index in [2.05, 4.69) is 16.8 Å². The predicted molar refractivity (Wildman–Crippen MR) is 103 cm³/mol. The van der Waals surface area contributed by atoms with Gasteiger partial charge in [-0.2, -0.15) is 13.2 Å². The molecule has 2 aromatic rings. The summed E-state index contributed by atoms with van der Waals surface area (Å²) in [6, 6.07) is 6.90. The minimum Gasteiger partial charge on any atom is -0.507 e. The third-order valence-electron chi connectivity index (χ3n) is 3.74. The zero-order valence-electron chi connectivity index (χ0n) is 15.4. The van der Waals surface area contributed by atoms with Crippen molar-refractivity contribution in [2.75, 3.05) is 0 Å². The van der Waals surface area contributed by atoms with Gasteiger partial charge in [0.2, 0.25) is 0 Å². The maximum atomic E-state index is 12.9. The van der Waals surface area contributed by atoms with E-state index in [0.29, 0.717) is 21.7 Å². The number of nitrogens with zero attached hydrogens (tertiary/aromatic N) is 1. The van der Waals surface area contributed by atoms with Crippen LogP contribution in [0.4, 0.5) is 13.2 Å². The molecule has 0 spiro atoms. The number of aryl methyl sites for hydroxylation is 2. The molecule has 0 saturated heterocycles. The molecule has 2 nitrogen and oxygen atoms in total. The van der Waals surface area contributed by atoms with Crippen LogP contribution in [0.3, 0.4) is 0 Å². The van der Waals surface area contributed by atoms with Crippen LogP contribution < -0.4 is 0 Å². The Morgan fingerprint density at radius 1 is 1.07 bits per heavy atom. The molecule has 2 rings (SSSR count). The molecule has 0 atom stereocenters. The van der Waals surface area contributed by atoms with E-state index in [1.165, 1.54) is 6.21 Å². The summed E-state index contributed by atoms with van der Waals surface area (Å²) in [7, 11) is 0. The Hall–Kier alpha value is -2.45. The second-order valence-electron chi connectivity index (χ2n) is 6.81. The second-order valence-corrected chi connectivity index (χ2v) is 7.25. The lowest BCUT2D eigenvalue weighted by Gasteiger charge is -2.12. The summed E-state index contributed by atoms with van der Waals surface area (Å²) < 4.78 is 38.8. The Bertz CT molecular complexity index is 950. The van der Waals surface area contributed by atoms with E-state index in [4.69, 9.17) is 11.6 Å². The van der Waals surface area contributed by atoms with Crippen LogP contribution in [0.5, 0.6) is 5.75 Å². The van der Waals surface area contributed by atoms with E-state index < -0.39 is 17.3 Å². The molecule has 2 aromatic carbocycles. The van der Waals surface area contributed by atoms with Gasteiger partial charge in [-0.1, -0.05) is 23.4 Å². The third kappa shape index (κ3) is 5.77. The first-order valence-electron chi connectivity index (χ1n) is 8.14. The Morgan fingerprint density at radius 2 is 1.74 bits per heavy atom. The van der Waals surface area contributed by atoms with Gasteiger partial charge < -0.3 is 5.11 Å². The largest absolute Gasteiger partial charge is 0.507 e. The Kier molecular flexibility index (Phi) is 5.91. The third-order valence-corrected chi connectivity index (χ3v) is 3.96. The van der Waals surface area contributed by atoms with Crippen LogP contribution in [0.15, 0.2) is 35.3 Å². The highest BCUT2D eigenvalue weighted by atomic mass is 35.5. The van der Waals surface area contributed by atoms with Crippen molar-refractivity contribution in [1.29, 1.82) is 0 Å². The normalized spacial score (nSPS) is 12.1. The number of aliphatic imine (C=N–C) groups is 1. The van der Waals surface area contributed by atoms with Crippen LogP contribution in [0.1, 0.15) is 41.7 Å². The fourth-order valence-electron chi connectivity index (χ4n) is 2.37. The molecular weight excluding hydrogens is 375 g/mol. The van der Waals surface area contributed by atoms with Crippen molar-refractivity contribution in [3.63, 3.8) is 0 Å². The Labute approximate surface area is 161 Å². The van der Waals surface area contributed by atoms with Crippen molar-refractivity contribution in [2.45, 2.75) is 39.4 Å². The highest BCUT2D eigenvalue weighted by Crippen LogP contribution is 2.30. The summed E-state index contributed by atoms with van der Waals surface area (Å²) in [5, 5.41) is 10.5. The van der Waals surface area contributed by atoms with Gasteiger partial charge >= 0.3 is 6.18 Å². The highest BCUT2D eigenvalue weighted by molar-refractivity contribution is 6.31. The summed E-state index contributed by atoms with van der Waals surface area (Å²) in [4.78, 5) is 4.34. The van der Waals surface area contributed by atoms with E-state index in [-0.39, 0.29) is 11.3 Å². The average molecular weight is 394 g/mol. The molecule has 1 N–H and O–H groups in total. The molecule has 142 valence electrons. The number of phenolic OH excluding ortho intramolecular Hbond substituents is 1. The highest BCUT2D eigenvalue weighted by Gasteiger charge is 2.30. The zero-order chi connectivity index (χ0) is 20.4. The molecule has 0 aliphatic rings. The van der Waals surface area contributed by atoms with E-state index >= 15 is 0 Å². The van der Waals surface area contributed by atoms with Crippen molar-refractivity contribution in [3.05, 3.63) is 63.2 Å². The SMILES string of the molecule is Cc1cc(C#CC(C)(C)N=Cc2cc(Cl)cc(C)c2O)cc(C(F)(F)F)c1. The number of aromatic hydroxyl groups is 1. The van der Waals surface area contributed by atoms with Crippen LogP contribution in [0.2, 0.25) is 5.02 Å². The minimum atomic E-state index is -4.42. The van der Waals surface area contributed by atoms with Crippen molar-refractivity contribution in [3.8, 4) is 17.6 Å². The molecule has 0 amide bonds. The first-order chi connectivity index (χ1) is 12.4. The maximum absolute atomic E-state index is 12.9. The van der Waals surface area contributed by atoms with Crippen molar-refractivity contribution >= 4 is 17.8 Å². The molecule has 27 heavy (non-hydrogen) atoms. The van der Waals surface area contributed by atoms with E-state index in [9.17, 15) is 18.3 Å². The molecule has 0 aliphatic heterocycles. The monoisotopic (exact) mass is 393 g/mol. The number of halogens is 4. The quantitative estimate of drug-likeness (QED) is 0.497. The number of alkyl halides is 3. The van der Waals surface area contributed by atoms with Gasteiger partial charge in [0.25, 0.3) is 0 Å². The molecule has 0 radical (unpaired) electrons. The van der Waals surface area contributed by atoms with Gasteiger partial charge in [-0.15, -0.1) is 0 Å². The minimum absolute atomic E-state index is 0.0698. The Balaban J connectivity index is 2.32. The molecular formula is C21H19ClF3NO. The van der Waals surface area contributed by atoms with Crippen LogP contribution in [0, 0.1) is 25.7 Å². The van der Waals surface area contributed by atoms with Gasteiger partial charge in [-0.05, 0) is 69.2 Å². The average Bonchev–Trinajstić information content (AvgIpc) is 2.54.